The molecule has 1 N–H and O–H groups in total. The normalized spacial score (nSPS) is 14.3. The molecule has 0 saturated carbocycles. The molecule has 0 bridgehead atoms. The first-order chi connectivity index (χ1) is 16.8. The SMILES string of the molecule is CCOC(=O)COc1ccc(/C=C2/SC(=O)N(CC(=O)Nc3ccc(C)cc3)C2=O)cc1OCC. The molecule has 35 heavy (non-hydrogen) atoms. The van der Waals surface area contributed by atoms with Gasteiger partial charge in [-0.1, -0.05) is 23.8 Å². The number of carbonyl (C=O) groups excluding carboxylic acids is 4. The summed E-state index contributed by atoms with van der Waals surface area (Å²) in [5.74, 6) is -0.807. The van der Waals surface area contributed by atoms with Crippen LogP contribution in [0.4, 0.5) is 10.5 Å². The van der Waals surface area contributed by atoms with Gasteiger partial charge in [-0.3, -0.25) is 19.3 Å². The smallest absolute Gasteiger partial charge is 0.344 e. The van der Waals surface area contributed by atoms with Crippen molar-refractivity contribution >= 4 is 46.5 Å². The summed E-state index contributed by atoms with van der Waals surface area (Å²) < 4.78 is 15.9. The summed E-state index contributed by atoms with van der Waals surface area (Å²) in [7, 11) is 0. The number of nitrogens with one attached hydrogen (secondary N) is 1. The molecule has 0 unspecified atom stereocenters. The predicted octanol–water partition coefficient (Wildman–Crippen LogP) is 4.01. The number of nitrogens with zero attached hydrogens (tertiary/aromatic N) is 1. The Morgan fingerprint density at radius 1 is 1.00 bits per heavy atom. The standard InChI is InChI=1S/C25H26N2O7S/c1-4-32-20-12-17(8-11-19(20)34-15-23(29)33-5-2)13-21-24(30)27(25(31)35-21)14-22(28)26-18-9-6-16(3)7-10-18/h6-13H,4-5,14-15H2,1-3H3,(H,26,28)/b21-13+. The monoisotopic (exact) mass is 498 g/mol. The number of hydrogen-bond donors (Lipinski definition) is 1. The zero-order valence-corrected chi connectivity index (χ0v) is 20.5. The summed E-state index contributed by atoms with van der Waals surface area (Å²) in [6, 6.07) is 12.1. The molecule has 1 aliphatic rings. The summed E-state index contributed by atoms with van der Waals surface area (Å²) in [6.07, 6.45) is 1.54. The highest BCUT2D eigenvalue weighted by atomic mass is 32.2. The van der Waals surface area contributed by atoms with Crippen molar-refractivity contribution in [3.63, 3.8) is 0 Å². The van der Waals surface area contributed by atoms with Crippen LogP contribution in [0.25, 0.3) is 6.08 Å². The molecule has 2 aromatic rings. The Hall–Kier alpha value is -3.79. The zero-order valence-electron chi connectivity index (χ0n) is 19.7. The van der Waals surface area contributed by atoms with Crippen molar-refractivity contribution in [2.24, 2.45) is 0 Å². The second-order valence-electron chi connectivity index (χ2n) is 7.41. The molecular weight excluding hydrogens is 472 g/mol. The first-order valence-electron chi connectivity index (χ1n) is 11.0. The summed E-state index contributed by atoms with van der Waals surface area (Å²) in [6.45, 7) is 5.39. The molecule has 3 amide bonds. The van der Waals surface area contributed by atoms with Crippen LogP contribution < -0.4 is 14.8 Å². The fraction of sp³-hybridized carbons (Fsp3) is 0.280. The lowest BCUT2D eigenvalue weighted by Gasteiger charge is -2.13. The van der Waals surface area contributed by atoms with Crippen molar-refractivity contribution in [1.82, 2.24) is 4.90 Å². The Balaban J connectivity index is 1.69. The van der Waals surface area contributed by atoms with Crippen LogP contribution >= 0.6 is 11.8 Å². The van der Waals surface area contributed by atoms with Crippen LogP contribution in [0.1, 0.15) is 25.0 Å². The molecule has 1 aliphatic heterocycles. The Kier molecular flexibility index (Phi) is 8.91. The highest BCUT2D eigenvalue weighted by Crippen LogP contribution is 2.34. The van der Waals surface area contributed by atoms with Crippen molar-refractivity contribution < 1.29 is 33.4 Å². The number of thioether (sulfide) groups is 1. The number of amides is 3. The maximum atomic E-state index is 12.8. The number of hydrogen-bond acceptors (Lipinski definition) is 8. The molecule has 0 atom stereocenters. The maximum Gasteiger partial charge on any atom is 0.344 e. The lowest BCUT2D eigenvalue weighted by Crippen LogP contribution is -2.36. The molecule has 1 saturated heterocycles. The molecule has 3 rings (SSSR count). The fourth-order valence-electron chi connectivity index (χ4n) is 3.11. The second kappa shape index (κ2) is 12.1. The molecule has 1 fully saturated rings. The number of carbonyl (C=O) groups is 4. The number of ether oxygens (including phenoxy) is 3. The minimum absolute atomic E-state index is 0.181. The van der Waals surface area contributed by atoms with Gasteiger partial charge in [0.05, 0.1) is 18.1 Å². The van der Waals surface area contributed by atoms with E-state index in [0.29, 0.717) is 29.4 Å². The van der Waals surface area contributed by atoms with Crippen molar-refractivity contribution in [2.45, 2.75) is 20.8 Å². The van der Waals surface area contributed by atoms with Crippen LogP contribution in [-0.4, -0.2) is 54.3 Å². The van der Waals surface area contributed by atoms with Crippen molar-refractivity contribution in [2.75, 3.05) is 31.7 Å². The minimum Gasteiger partial charge on any atom is -0.490 e. The maximum absolute atomic E-state index is 12.8. The molecule has 9 nitrogen and oxygen atoms in total. The Morgan fingerprint density at radius 2 is 1.74 bits per heavy atom. The van der Waals surface area contributed by atoms with Gasteiger partial charge in [-0.05, 0) is 68.4 Å². The molecule has 184 valence electrons. The number of benzene rings is 2. The number of rotatable bonds is 10. The van der Waals surface area contributed by atoms with E-state index in [4.69, 9.17) is 14.2 Å². The highest BCUT2D eigenvalue weighted by molar-refractivity contribution is 8.18. The Morgan fingerprint density at radius 3 is 2.43 bits per heavy atom. The van der Waals surface area contributed by atoms with E-state index in [1.165, 1.54) is 0 Å². The van der Waals surface area contributed by atoms with Gasteiger partial charge in [-0.25, -0.2) is 4.79 Å². The second-order valence-corrected chi connectivity index (χ2v) is 8.41. The first-order valence-corrected chi connectivity index (χ1v) is 11.8. The summed E-state index contributed by atoms with van der Waals surface area (Å²) in [4.78, 5) is 50.2. The largest absolute Gasteiger partial charge is 0.490 e. The van der Waals surface area contributed by atoms with Gasteiger partial charge in [0.1, 0.15) is 6.54 Å². The summed E-state index contributed by atoms with van der Waals surface area (Å²) in [5, 5.41) is 2.15. The summed E-state index contributed by atoms with van der Waals surface area (Å²) >= 11 is 0.755. The molecule has 2 aromatic carbocycles. The lowest BCUT2D eigenvalue weighted by molar-refractivity contribution is -0.145. The third-order valence-corrected chi connectivity index (χ3v) is 5.63. The number of anilines is 1. The number of esters is 1. The van der Waals surface area contributed by atoms with Crippen LogP contribution in [0.3, 0.4) is 0 Å². The van der Waals surface area contributed by atoms with Crippen LogP contribution in [0.2, 0.25) is 0 Å². The molecule has 0 aliphatic carbocycles. The van der Waals surface area contributed by atoms with Gasteiger partial charge in [0.25, 0.3) is 11.1 Å². The topological polar surface area (TPSA) is 111 Å². The van der Waals surface area contributed by atoms with E-state index in [0.717, 1.165) is 22.2 Å². The van der Waals surface area contributed by atoms with Crippen molar-refractivity contribution in [3.05, 3.63) is 58.5 Å². The van der Waals surface area contributed by atoms with E-state index in [1.54, 1.807) is 50.3 Å². The van der Waals surface area contributed by atoms with Gasteiger partial charge in [-0.2, -0.15) is 0 Å². The van der Waals surface area contributed by atoms with E-state index in [2.05, 4.69) is 5.32 Å². The van der Waals surface area contributed by atoms with Gasteiger partial charge in [0.15, 0.2) is 18.1 Å². The number of aryl methyl sites for hydroxylation is 1. The van der Waals surface area contributed by atoms with Crippen LogP contribution in [0.5, 0.6) is 11.5 Å². The number of imide groups is 1. The summed E-state index contributed by atoms with van der Waals surface area (Å²) in [5.41, 5.74) is 2.22. The van der Waals surface area contributed by atoms with Crippen molar-refractivity contribution in [3.8, 4) is 11.5 Å². The average Bonchev–Trinajstić information content (AvgIpc) is 3.07. The van der Waals surface area contributed by atoms with Crippen LogP contribution in [0.15, 0.2) is 47.4 Å². The third-order valence-electron chi connectivity index (χ3n) is 4.73. The third kappa shape index (κ3) is 7.10. The molecule has 0 spiro atoms. The quantitative estimate of drug-likeness (QED) is 0.386. The van der Waals surface area contributed by atoms with E-state index in [-0.39, 0.29) is 24.7 Å². The van der Waals surface area contributed by atoms with Gasteiger partial charge >= 0.3 is 5.97 Å². The molecule has 0 aromatic heterocycles. The highest BCUT2D eigenvalue weighted by Gasteiger charge is 2.36. The van der Waals surface area contributed by atoms with Gasteiger partial charge in [-0.15, -0.1) is 0 Å². The van der Waals surface area contributed by atoms with E-state index < -0.39 is 23.0 Å². The zero-order chi connectivity index (χ0) is 25.4. The van der Waals surface area contributed by atoms with Crippen LogP contribution in [-0.2, 0) is 19.1 Å². The molecule has 10 heteroatoms. The van der Waals surface area contributed by atoms with Gasteiger partial charge in [0, 0.05) is 5.69 Å². The molecular formula is C25H26N2O7S. The van der Waals surface area contributed by atoms with E-state index >= 15 is 0 Å². The van der Waals surface area contributed by atoms with Gasteiger partial charge in [0.2, 0.25) is 5.91 Å². The Bertz CT molecular complexity index is 1150. The van der Waals surface area contributed by atoms with Crippen molar-refractivity contribution in [1.29, 1.82) is 0 Å². The lowest BCUT2D eigenvalue weighted by atomic mass is 10.2. The fourth-order valence-corrected chi connectivity index (χ4v) is 3.95. The predicted molar refractivity (Wildman–Crippen MR) is 132 cm³/mol. The molecule has 1 heterocycles. The van der Waals surface area contributed by atoms with Crippen LogP contribution in [0, 0.1) is 6.92 Å². The van der Waals surface area contributed by atoms with E-state index in [9.17, 15) is 19.2 Å². The molecule has 0 radical (unpaired) electrons. The first kappa shape index (κ1) is 25.8. The Labute approximate surface area is 207 Å². The average molecular weight is 499 g/mol. The minimum atomic E-state index is -0.556. The van der Waals surface area contributed by atoms with Gasteiger partial charge < -0.3 is 19.5 Å². The van der Waals surface area contributed by atoms with E-state index in [1.807, 2.05) is 19.1 Å².